The number of ether oxygens (including phenoxy) is 2. The normalized spacial score (nSPS) is 11.1. The van der Waals surface area contributed by atoms with E-state index < -0.39 is 0 Å². The Hall–Kier alpha value is -2.79. The molecular weight excluding hydrogens is 342 g/mol. The lowest BCUT2D eigenvalue weighted by atomic mass is 10.1. The number of hydrogen-bond donors (Lipinski definition) is 0. The third kappa shape index (κ3) is 4.49. The first-order valence-electron chi connectivity index (χ1n) is 9.13. The highest BCUT2D eigenvalue weighted by molar-refractivity contribution is 5.82. The van der Waals surface area contributed by atoms with Crippen molar-refractivity contribution in [3.8, 4) is 22.6 Å². The quantitative estimate of drug-likeness (QED) is 0.559. The first-order chi connectivity index (χ1) is 13.1. The van der Waals surface area contributed by atoms with Gasteiger partial charge in [0.2, 0.25) is 0 Å². The van der Waals surface area contributed by atoms with Crippen molar-refractivity contribution in [2.45, 2.75) is 13.3 Å². The Morgan fingerprint density at radius 1 is 1.07 bits per heavy atom. The van der Waals surface area contributed by atoms with Crippen LogP contribution in [0.2, 0.25) is 0 Å². The molecule has 0 amide bonds. The van der Waals surface area contributed by atoms with Crippen LogP contribution in [-0.2, 0) is 0 Å². The fraction of sp³-hybridized carbons (Fsp3) is 0.318. The molecule has 0 N–H and O–H groups in total. The molecule has 0 aliphatic heterocycles. The third-order valence-electron chi connectivity index (χ3n) is 4.64. The van der Waals surface area contributed by atoms with Crippen LogP contribution in [0.3, 0.4) is 0 Å². The van der Waals surface area contributed by atoms with Crippen LogP contribution in [0.15, 0.2) is 57.9 Å². The minimum absolute atomic E-state index is 0.0578. The Bertz CT molecular complexity index is 947. The maximum Gasteiger partial charge on any atom is 0.200 e. The summed E-state index contributed by atoms with van der Waals surface area (Å²) in [5.41, 5.74) is 1.80. The molecule has 0 radical (unpaired) electrons. The van der Waals surface area contributed by atoms with Crippen molar-refractivity contribution in [2.24, 2.45) is 0 Å². The van der Waals surface area contributed by atoms with Gasteiger partial charge < -0.3 is 18.8 Å². The van der Waals surface area contributed by atoms with E-state index in [1.54, 1.807) is 19.2 Å². The number of nitrogens with zero attached hydrogens (tertiary/aromatic N) is 1. The molecule has 0 fully saturated rings. The van der Waals surface area contributed by atoms with Gasteiger partial charge in [-0.05, 0) is 49.8 Å². The molecule has 142 valence electrons. The molecule has 5 nitrogen and oxygen atoms in total. The standard InChI is InChI=1S/C22H25NO4/c1-4-23(2)12-5-13-26-18-10-11-19-21(14-18)27-15-20(22(19)24)16-6-8-17(25-3)9-7-16/h6-11,14-15H,4-5,12-13H2,1-3H3. The van der Waals surface area contributed by atoms with Crippen LogP contribution in [0.25, 0.3) is 22.1 Å². The highest BCUT2D eigenvalue weighted by Gasteiger charge is 2.10. The molecule has 0 atom stereocenters. The van der Waals surface area contributed by atoms with Gasteiger partial charge in [0.25, 0.3) is 0 Å². The summed E-state index contributed by atoms with van der Waals surface area (Å²) in [5, 5.41) is 0.543. The molecule has 0 spiro atoms. The zero-order chi connectivity index (χ0) is 19.2. The molecule has 0 saturated carbocycles. The van der Waals surface area contributed by atoms with Gasteiger partial charge in [-0.25, -0.2) is 0 Å². The zero-order valence-corrected chi connectivity index (χ0v) is 16.0. The van der Waals surface area contributed by atoms with Crippen molar-refractivity contribution in [2.75, 3.05) is 33.9 Å². The summed E-state index contributed by atoms with van der Waals surface area (Å²) < 4.78 is 16.7. The van der Waals surface area contributed by atoms with Crippen LogP contribution in [-0.4, -0.2) is 38.8 Å². The van der Waals surface area contributed by atoms with Crippen LogP contribution in [0.1, 0.15) is 13.3 Å². The predicted octanol–water partition coefficient (Wildman–Crippen LogP) is 4.19. The van der Waals surface area contributed by atoms with Crippen LogP contribution < -0.4 is 14.9 Å². The summed E-state index contributed by atoms with van der Waals surface area (Å²) in [7, 11) is 3.70. The minimum Gasteiger partial charge on any atom is -0.497 e. The average Bonchev–Trinajstić information content (AvgIpc) is 2.71. The van der Waals surface area contributed by atoms with Crippen LogP contribution >= 0.6 is 0 Å². The molecule has 3 rings (SSSR count). The van der Waals surface area contributed by atoms with Gasteiger partial charge in [-0.3, -0.25) is 4.79 Å². The number of rotatable bonds is 8. The number of methoxy groups -OCH3 is 1. The summed E-state index contributed by atoms with van der Waals surface area (Å²) in [6, 6.07) is 12.7. The van der Waals surface area contributed by atoms with Gasteiger partial charge in [0, 0.05) is 12.6 Å². The zero-order valence-electron chi connectivity index (χ0n) is 16.0. The van der Waals surface area contributed by atoms with E-state index in [-0.39, 0.29) is 5.43 Å². The van der Waals surface area contributed by atoms with Crippen LogP contribution in [0, 0.1) is 0 Å². The van der Waals surface area contributed by atoms with E-state index in [1.165, 1.54) is 6.26 Å². The third-order valence-corrected chi connectivity index (χ3v) is 4.64. The number of benzene rings is 2. The van der Waals surface area contributed by atoms with Crippen molar-refractivity contribution in [1.29, 1.82) is 0 Å². The Morgan fingerprint density at radius 2 is 1.81 bits per heavy atom. The predicted molar refractivity (Wildman–Crippen MR) is 108 cm³/mol. The Balaban J connectivity index is 1.77. The van der Waals surface area contributed by atoms with E-state index in [0.29, 0.717) is 28.9 Å². The van der Waals surface area contributed by atoms with Crippen molar-refractivity contribution >= 4 is 11.0 Å². The first kappa shape index (κ1) is 19.0. The molecule has 0 unspecified atom stereocenters. The number of hydrogen-bond acceptors (Lipinski definition) is 5. The van der Waals surface area contributed by atoms with E-state index in [2.05, 4.69) is 18.9 Å². The molecule has 3 aromatic rings. The van der Waals surface area contributed by atoms with Gasteiger partial charge in [0.1, 0.15) is 23.3 Å². The summed E-state index contributed by atoms with van der Waals surface area (Å²) in [6.45, 7) is 4.78. The van der Waals surface area contributed by atoms with Crippen molar-refractivity contribution in [3.63, 3.8) is 0 Å². The molecule has 5 heteroatoms. The first-order valence-corrected chi connectivity index (χ1v) is 9.13. The molecule has 0 bridgehead atoms. The Morgan fingerprint density at radius 3 is 2.52 bits per heavy atom. The van der Waals surface area contributed by atoms with Gasteiger partial charge in [0.05, 0.1) is 24.7 Å². The summed E-state index contributed by atoms with van der Waals surface area (Å²) in [6.07, 6.45) is 2.45. The van der Waals surface area contributed by atoms with Crippen molar-refractivity contribution < 1.29 is 13.9 Å². The molecule has 2 aromatic carbocycles. The Labute approximate surface area is 159 Å². The van der Waals surface area contributed by atoms with Crippen LogP contribution in [0.5, 0.6) is 11.5 Å². The lowest BCUT2D eigenvalue weighted by Gasteiger charge is -2.13. The van der Waals surface area contributed by atoms with E-state index in [1.807, 2.05) is 30.3 Å². The van der Waals surface area contributed by atoms with E-state index in [0.717, 1.165) is 30.8 Å². The number of fused-ring (bicyclic) bond motifs is 1. The lowest BCUT2D eigenvalue weighted by molar-refractivity contribution is 0.268. The molecule has 27 heavy (non-hydrogen) atoms. The van der Waals surface area contributed by atoms with Crippen molar-refractivity contribution in [1.82, 2.24) is 4.90 Å². The monoisotopic (exact) mass is 367 g/mol. The molecular formula is C22H25NO4. The highest BCUT2D eigenvalue weighted by atomic mass is 16.5. The molecule has 0 aliphatic rings. The summed E-state index contributed by atoms with van der Waals surface area (Å²) in [5.74, 6) is 1.46. The summed E-state index contributed by atoms with van der Waals surface area (Å²) >= 11 is 0. The van der Waals surface area contributed by atoms with Crippen molar-refractivity contribution in [3.05, 3.63) is 59.0 Å². The molecule has 0 aliphatic carbocycles. The second-order valence-electron chi connectivity index (χ2n) is 6.46. The Kier molecular flexibility index (Phi) is 6.14. The highest BCUT2D eigenvalue weighted by Crippen LogP contribution is 2.24. The minimum atomic E-state index is -0.0578. The topological polar surface area (TPSA) is 51.9 Å². The maximum atomic E-state index is 12.8. The van der Waals surface area contributed by atoms with Gasteiger partial charge >= 0.3 is 0 Å². The molecule has 0 saturated heterocycles. The maximum absolute atomic E-state index is 12.8. The smallest absolute Gasteiger partial charge is 0.200 e. The average molecular weight is 367 g/mol. The van der Waals surface area contributed by atoms with E-state index >= 15 is 0 Å². The van der Waals surface area contributed by atoms with Gasteiger partial charge in [-0.2, -0.15) is 0 Å². The fourth-order valence-electron chi connectivity index (χ4n) is 2.85. The SMILES string of the molecule is CCN(C)CCCOc1ccc2c(=O)c(-c3ccc(OC)cc3)coc2c1. The molecule has 1 aromatic heterocycles. The lowest BCUT2D eigenvalue weighted by Crippen LogP contribution is -2.20. The summed E-state index contributed by atoms with van der Waals surface area (Å²) in [4.78, 5) is 15.1. The fourth-order valence-corrected chi connectivity index (χ4v) is 2.85. The van der Waals surface area contributed by atoms with Gasteiger partial charge in [0.15, 0.2) is 5.43 Å². The second kappa shape index (κ2) is 8.73. The van der Waals surface area contributed by atoms with Gasteiger partial charge in [-0.1, -0.05) is 19.1 Å². The van der Waals surface area contributed by atoms with Gasteiger partial charge in [-0.15, -0.1) is 0 Å². The van der Waals surface area contributed by atoms with Crippen LogP contribution in [0.4, 0.5) is 0 Å². The largest absolute Gasteiger partial charge is 0.497 e. The molecule has 1 heterocycles. The van der Waals surface area contributed by atoms with E-state index in [4.69, 9.17) is 13.9 Å². The second-order valence-corrected chi connectivity index (χ2v) is 6.46. The van der Waals surface area contributed by atoms with E-state index in [9.17, 15) is 4.79 Å².